The SMILES string of the molecule is CC1(CN)CCN(Cc2ccc(OCc3ccc(F)cc3)cc2)C1.Cl. The van der Waals surface area contributed by atoms with Crippen LogP contribution in [0.25, 0.3) is 0 Å². The maximum Gasteiger partial charge on any atom is 0.123 e. The Kier molecular flexibility index (Phi) is 6.82. The van der Waals surface area contributed by atoms with Crippen LogP contribution in [0.4, 0.5) is 4.39 Å². The van der Waals surface area contributed by atoms with E-state index in [1.54, 1.807) is 12.1 Å². The zero-order chi connectivity index (χ0) is 17.0. The van der Waals surface area contributed by atoms with Crippen molar-refractivity contribution in [3.8, 4) is 5.75 Å². The Balaban J connectivity index is 0.00000225. The standard InChI is InChI=1S/C20H25FN2O.ClH/c1-20(14-22)10-11-23(15-20)12-16-4-8-19(9-5-16)24-13-17-2-6-18(21)7-3-17;/h2-9H,10-15,22H2,1H3;1H. The Bertz CT molecular complexity index is 662. The predicted molar refractivity (Wildman–Crippen MR) is 101 cm³/mol. The fraction of sp³-hybridized carbons (Fsp3) is 0.400. The third-order valence-corrected chi connectivity index (χ3v) is 4.78. The van der Waals surface area contributed by atoms with E-state index in [2.05, 4.69) is 24.0 Å². The molecule has 2 N–H and O–H groups in total. The Hall–Kier alpha value is -1.62. The molecule has 1 aliphatic heterocycles. The summed E-state index contributed by atoms with van der Waals surface area (Å²) in [5.41, 5.74) is 8.37. The molecule has 3 nitrogen and oxygen atoms in total. The first kappa shape index (κ1) is 19.7. The summed E-state index contributed by atoms with van der Waals surface area (Å²) in [6.45, 7) is 6.58. The van der Waals surface area contributed by atoms with Crippen molar-refractivity contribution in [2.75, 3.05) is 19.6 Å². The molecule has 1 atom stereocenters. The maximum atomic E-state index is 12.9. The summed E-state index contributed by atoms with van der Waals surface area (Å²) in [4.78, 5) is 2.46. The van der Waals surface area contributed by atoms with Gasteiger partial charge < -0.3 is 10.5 Å². The molecule has 2 aromatic rings. The molecule has 0 saturated carbocycles. The van der Waals surface area contributed by atoms with Gasteiger partial charge in [-0.1, -0.05) is 31.2 Å². The van der Waals surface area contributed by atoms with E-state index in [1.807, 2.05) is 12.1 Å². The summed E-state index contributed by atoms with van der Waals surface area (Å²) in [5, 5.41) is 0. The van der Waals surface area contributed by atoms with E-state index in [4.69, 9.17) is 10.5 Å². The van der Waals surface area contributed by atoms with Crippen molar-refractivity contribution in [2.24, 2.45) is 11.1 Å². The van der Waals surface area contributed by atoms with Crippen LogP contribution in [-0.2, 0) is 13.2 Å². The zero-order valence-electron chi connectivity index (χ0n) is 14.6. The lowest BCUT2D eigenvalue weighted by atomic mass is 9.90. The van der Waals surface area contributed by atoms with E-state index >= 15 is 0 Å². The second kappa shape index (κ2) is 8.65. The van der Waals surface area contributed by atoms with Crippen LogP contribution in [0.2, 0.25) is 0 Å². The highest BCUT2D eigenvalue weighted by atomic mass is 35.5. The number of halogens is 2. The number of rotatable bonds is 6. The number of ether oxygens (including phenoxy) is 1. The normalized spacial score (nSPS) is 20.3. The Morgan fingerprint density at radius 1 is 1.08 bits per heavy atom. The summed E-state index contributed by atoms with van der Waals surface area (Å²) in [5.74, 6) is 0.604. The fourth-order valence-corrected chi connectivity index (χ4v) is 3.12. The predicted octanol–water partition coefficient (Wildman–Crippen LogP) is 4.00. The van der Waals surface area contributed by atoms with Crippen LogP contribution in [0.1, 0.15) is 24.5 Å². The first-order valence-electron chi connectivity index (χ1n) is 8.45. The van der Waals surface area contributed by atoms with Crippen molar-refractivity contribution in [3.63, 3.8) is 0 Å². The van der Waals surface area contributed by atoms with Crippen molar-refractivity contribution < 1.29 is 9.13 Å². The molecule has 0 aliphatic carbocycles. The molecule has 3 rings (SSSR count). The van der Waals surface area contributed by atoms with Gasteiger partial charge in [0, 0.05) is 13.1 Å². The Morgan fingerprint density at radius 3 is 2.32 bits per heavy atom. The molecule has 136 valence electrons. The van der Waals surface area contributed by atoms with Gasteiger partial charge in [-0.2, -0.15) is 0 Å². The van der Waals surface area contributed by atoms with E-state index < -0.39 is 0 Å². The molecule has 0 bridgehead atoms. The molecule has 1 heterocycles. The van der Waals surface area contributed by atoms with E-state index in [9.17, 15) is 4.39 Å². The van der Waals surface area contributed by atoms with Crippen LogP contribution in [0.3, 0.4) is 0 Å². The monoisotopic (exact) mass is 364 g/mol. The summed E-state index contributed by atoms with van der Waals surface area (Å²) >= 11 is 0. The molecule has 0 radical (unpaired) electrons. The highest BCUT2D eigenvalue weighted by Crippen LogP contribution is 2.29. The van der Waals surface area contributed by atoms with Gasteiger partial charge in [0.2, 0.25) is 0 Å². The minimum atomic E-state index is -0.226. The number of nitrogens with two attached hydrogens (primary N) is 1. The third-order valence-electron chi connectivity index (χ3n) is 4.78. The van der Waals surface area contributed by atoms with E-state index in [0.29, 0.717) is 6.61 Å². The molecule has 0 amide bonds. The second-order valence-corrected chi connectivity index (χ2v) is 7.03. The van der Waals surface area contributed by atoms with Gasteiger partial charge in [0.15, 0.2) is 0 Å². The van der Waals surface area contributed by atoms with Gasteiger partial charge in [-0.15, -0.1) is 12.4 Å². The molecule has 1 fully saturated rings. The topological polar surface area (TPSA) is 38.5 Å². The van der Waals surface area contributed by atoms with Crippen LogP contribution in [0.15, 0.2) is 48.5 Å². The molecule has 1 unspecified atom stereocenters. The van der Waals surface area contributed by atoms with Crippen LogP contribution < -0.4 is 10.5 Å². The molecular weight excluding hydrogens is 339 g/mol. The number of hydrogen-bond acceptors (Lipinski definition) is 3. The lowest BCUT2D eigenvalue weighted by molar-refractivity contribution is 0.274. The minimum Gasteiger partial charge on any atom is -0.489 e. The van der Waals surface area contributed by atoms with Crippen molar-refractivity contribution in [1.29, 1.82) is 0 Å². The van der Waals surface area contributed by atoms with Gasteiger partial charge in [0.25, 0.3) is 0 Å². The van der Waals surface area contributed by atoms with Crippen molar-refractivity contribution in [2.45, 2.75) is 26.5 Å². The molecule has 1 saturated heterocycles. The smallest absolute Gasteiger partial charge is 0.123 e. The van der Waals surface area contributed by atoms with Gasteiger partial charge in [-0.05, 0) is 60.3 Å². The fourth-order valence-electron chi connectivity index (χ4n) is 3.12. The van der Waals surface area contributed by atoms with Gasteiger partial charge >= 0.3 is 0 Å². The zero-order valence-corrected chi connectivity index (χ0v) is 15.4. The van der Waals surface area contributed by atoms with Crippen molar-refractivity contribution in [1.82, 2.24) is 4.90 Å². The molecule has 1 aliphatic rings. The summed E-state index contributed by atoms with van der Waals surface area (Å²) < 4.78 is 18.6. The summed E-state index contributed by atoms with van der Waals surface area (Å²) in [6, 6.07) is 14.6. The second-order valence-electron chi connectivity index (χ2n) is 7.03. The Morgan fingerprint density at radius 2 is 1.72 bits per heavy atom. The first-order valence-corrected chi connectivity index (χ1v) is 8.45. The maximum absolute atomic E-state index is 12.9. The van der Waals surface area contributed by atoms with Crippen molar-refractivity contribution >= 4 is 12.4 Å². The Labute approximate surface area is 155 Å². The number of benzene rings is 2. The molecule has 2 aromatic carbocycles. The van der Waals surface area contributed by atoms with E-state index in [-0.39, 0.29) is 23.6 Å². The third kappa shape index (κ3) is 5.43. The molecule has 25 heavy (non-hydrogen) atoms. The quantitative estimate of drug-likeness (QED) is 0.842. The van der Waals surface area contributed by atoms with E-state index in [1.165, 1.54) is 24.1 Å². The van der Waals surface area contributed by atoms with Crippen LogP contribution >= 0.6 is 12.4 Å². The molecule has 0 aromatic heterocycles. The first-order chi connectivity index (χ1) is 11.6. The van der Waals surface area contributed by atoms with Gasteiger partial charge in [-0.25, -0.2) is 4.39 Å². The van der Waals surface area contributed by atoms with Gasteiger partial charge in [0.1, 0.15) is 18.2 Å². The van der Waals surface area contributed by atoms with E-state index in [0.717, 1.165) is 37.5 Å². The molecule has 0 spiro atoms. The van der Waals surface area contributed by atoms with Crippen LogP contribution in [0, 0.1) is 11.2 Å². The largest absolute Gasteiger partial charge is 0.489 e. The average molecular weight is 365 g/mol. The lowest BCUT2D eigenvalue weighted by Crippen LogP contribution is -2.31. The minimum absolute atomic E-state index is 0. The van der Waals surface area contributed by atoms with Gasteiger partial charge in [-0.3, -0.25) is 4.90 Å². The lowest BCUT2D eigenvalue weighted by Gasteiger charge is -2.22. The number of hydrogen-bond donors (Lipinski definition) is 1. The highest BCUT2D eigenvalue weighted by Gasteiger charge is 2.32. The number of nitrogens with zero attached hydrogens (tertiary/aromatic N) is 1. The van der Waals surface area contributed by atoms with Gasteiger partial charge in [0.05, 0.1) is 0 Å². The van der Waals surface area contributed by atoms with Crippen molar-refractivity contribution in [3.05, 3.63) is 65.5 Å². The number of likely N-dealkylation sites (tertiary alicyclic amines) is 1. The molecular formula is C20H26ClFN2O. The van der Waals surface area contributed by atoms with Crippen LogP contribution in [-0.4, -0.2) is 24.5 Å². The average Bonchev–Trinajstić information content (AvgIpc) is 2.97. The highest BCUT2D eigenvalue weighted by molar-refractivity contribution is 5.85. The summed E-state index contributed by atoms with van der Waals surface area (Å²) in [7, 11) is 0. The molecule has 5 heteroatoms. The summed E-state index contributed by atoms with van der Waals surface area (Å²) in [6.07, 6.45) is 1.17. The van der Waals surface area contributed by atoms with Crippen LogP contribution in [0.5, 0.6) is 5.75 Å².